The lowest BCUT2D eigenvalue weighted by Crippen LogP contribution is -2.49. The number of sulfone groups is 1. The maximum atomic E-state index is 12.5. The topological polar surface area (TPSA) is 57.7 Å². The van der Waals surface area contributed by atoms with Crippen molar-refractivity contribution in [3.8, 4) is 0 Å². The van der Waals surface area contributed by atoms with Crippen LogP contribution >= 0.6 is 0 Å². The fraction of sp³-hybridized carbons (Fsp3) is 0.929. The van der Waals surface area contributed by atoms with Crippen LogP contribution in [0.15, 0.2) is 0 Å². The van der Waals surface area contributed by atoms with Crippen LogP contribution in [0.2, 0.25) is 0 Å². The molecule has 2 rings (SSSR count). The summed E-state index contributed by atoms with van der Waals surface area (Å²) < 4.78 is 23.2. The van der Waals surface area contributed by atoms with Gasteiger partial charge in [0.15, 0.2) is 9.84 Å². The van der Waals surface area contributed by atoms with Crippen LogP contribution in [0, 0.1) is 0 Å². The normalized spacial score (nSPS) is 30.3. The highest BCUT2D eigenvalue weighted by Gasteiger charge is 2.34. The molecule has 2 saturated heterocycles. The van der Waals surface area contributed by atoms with Gasteiger partial charge in [-0.1, -0.05) is 6.42 Å². The second kappa shape index (κ2) is 6.43. The highest BCUT2D eigenvalue weighted by molar-refractivity contribution is 7.91. The minimum absolute atomic E-state index is 0.0864. The zero-order chi connectivity index (χ0) is 14.8. The van der Waals surface area contributed by atoms with Gasteiger partial charge in [0.1, 0.15) is 0 Å². The zero-order valence-corrected chi connectivity index (χ0v) is 13.4. The molecule has 2 heterocycles. The van der Waals surface area contributed by atoms with Crippen molar-refractivity contribution >= 4 is 15.7 Å². The van der Waals surface area contributed by atoms with E-state index in [0.29, 0.717) is 25.6 Å². The van der Waals surface area contributed by atoms with Gasteiger partial charge in [-0.2, -0.15) is 0 Å². The smallest absolute Gasteiger partial charge is 0.237 e. The van der Waals surface area contributed by atoms with Crippen molar-refractivity contribution in [3.05, 3.63) is 0 Å². The standard InChI is InChI=1S/C14H26N2O3S/c1-3-16(13-7-9-20(18,19)11-13)14(17)10-15-8-5-4-6-12(15)2/h12-13H,3-11H2,1-2H3. The second-order valence-corrected chi connectivity index (χ2v) is 8.28. The molecular weight excluding hydrogens is 276 g/mol. The summed E-state index contributed by atoms with van der Waals surface area (Å²) in [5.74, 6) is 0.451. The van der Waals surface area contributed by atoms with Crippen LogP contribution in [-0.2, 0) is 14.6 Å². The predicted octanol–water partition coefficient (Wildman–Crippen LogP) is 0.896. The summed E-state index contributed by atoms with van der Waals surface area (Å²) in [6.45, 7) is 6.12. The predicted molar refractivity (Wildman–Crippen MR) is 79.3 cm³/mol. The average molecular weight is 302 g/mol. The molecule has 2 atom stereocenters. The van der Waals surface area contributed by atoms with Gasteiger partial charge in [0.25, 0.3) is 0 Å². The number of piperidine rings is 1. The number of likely N-dealkylation sites (N-methyl/N-ethyl adjacent to an activating group) is 1. The molecule has 0 saturated carbocycles. The first-order valence-corrected chi connectivity index (χ1v) is 9.49. The summed E-state index contributed by atoms with van der Waals surface area (Å²) in [5, 5.41) is 0. The molecule has 0 aromatic heterocycles. The molecular formula is C14H26N2O3S. The van der Waals surface area contributed by atoms with Crippen molar-refractivity contribution in [3.63, 3.8) is 0 Å². The molecule has 2 aliphatic rings. The first-order chi connectivity index (χ1) is 9.43. The fourth-order valence-corrected chi connectivity index (χ4v) is 5.05. The summed E-state index contributed by atoms with van der Waals surface area (Å²) >= 11 is 0. The van der Waals surface area contributed by atoms with E-state index in [1.807, 2.05) is 6.92 Å². The van der Waals surface area contributed by atoms with Gasteiger partial charge in [-0.15, -0.1) is 0 Å². The number of amides is 1. The van der Waals surface area contributed by atoms with E-state index in [-0.39, 0.29) is 23.5 Å². The summed E-state index contributed by atoms with van der Waals surface area (Å²) in [6, 6.07) is 0.344. The van der Waals surface area contributed by atoms with Crippen molar-refractivity contribution in [2.24, 2.45) is 0 Å². The van der Waals surface area contributed by atoms with Gasteiger partial charge in [-0.25, -0.2) is 8.42 Å². The molecule has 6 heteroatoms. The van der Waals surface area contributed by atoms with E-state index in [9.17, 15) is 13.2 Å². The molecule has 2 unspecified atom stereocenters. The highest BCUT2D eigenvalue weighted by atomic mass is 32.2. The lowest BCUT2D eigenvalue weighted by molar-refractivity contribution is -0.134. The van der Waals surface area contributed by atoms with Crippen molar-refractivity contribution in [2.45, 2.75) is 51.6 Å². The van der Waals surface area contributed by atoms with Crippen LogP contribution in [0.1, 0.15) is 39.5 Å². The first-order valence-electron chi connectivity index (χ1n) is 7.67. The van der Waals surface area contributed by atoms with Crippen molar-refractivity contribution in [2.75, 3.05) is 31.1 Å². The van der Waals surface area contributed by atoms with Crippen LogP contribution in [0.5, 0.6) is 0 Å². The van der Waals surface area contributed by atoms with E-state index < -0.39 is 9.84 Å². The van der Waals surface area contributed by atoms with Gasteiger partial charge in [0, 0.05) is 18.6 Å². The van der Waals surface area contributed by atoms with Crippen molar-refractivity contribution < 1.29 is 13.2 Å². The SMILES string of the molecule is CCN(C(=O)CN1CCCCC1C)C1CCS(=O)(=O)C1. The molecule has 5 nitrogen and oxygen atoms in total. The Bertz CT molecular complexity index is 449. The lowest BCUT2D eigenvalue weighted by Gasteiger charge is -2.35. The van der Waals surface area contributed by atoms with Gasteiger partial charge >= 0.3 is 0 Å². The number of carbonyl (C=O) groups excluding carboxylic acids is 1. The Balaban J connectivity index is 1.95. The van der Waals surface area contributed by atoms with Gasteiger partial charge < -0.3 is 4.90 Å². The summed E-state index contributed by atoms with van der Waals surface area (Å²) in [6.07, 6.45) is 4.14. The summed E-state index contributed by atoms with van der Waals surface area (Å²) in [5.41, 5.74) is 0. The maximum absolute atomic E-state index is 12.5. The summed E-state index contributed by atoms with van der Waals surface area (Å²) in [7, 11) is -2.94. The zero-order valence-electron chi connectivity index (χ0n) is 12.5. The monoisotopic (exact) mass is 302 g/mol. The number of hydrogen-bond donors (Lipinski definition) is 0. The Kier molecular flexibility index (Phi) is 5.07. The number of nitrogens with zero attached hydrogens (tertiary/aromatic N) is 2. The Morgan fingerprint density at radius 3 is 2.60 bits per heavy atom. The van der Waals surface area contributed by atoms with Crippen LogP contribution < -0.4 is 0 Å². The van der Waals surface area contributed by atoms with E-state index in [1.54, 1.807) is 4.90 Å². The Labute approximate surface area is 122 Å². The third-order valence-corrected chi connectivity index (χ3v) is 6.34. The largest absolute Gasteiger partial charge is 0.338 e. The van der Waals surface area contributed by atoms with E-state index in [4.69, 9.17) is 0 Å². The molecule has 0 aromatic carbocycles. The average Bonchev–Trinajstić information content (AvgIpc) is 2.73. The highest BCUT2D eigenvalue weighted by Crippen LogP contribution is 2.20. The molecule has 0 aromatic rings. The third-order valence-electron chi connectivity index (χ3n) is 4.59. The molecule has 0 bridgehead atoms. The number of rotatable bonds is 4. The molecule has 0 aliphatic carbocycles. The van der Waals surface area contributed by atoms with Gasteiger partial charge in [-0.3, -0.25) is 9.69 Å². The Hall–Kier alpha value is -0.620. The summed E-state index contributed by atoms with van der Waals surface area (Å²) in [4.78, 5) is 16.5. The molecule has 116 valence electrons. The molecule has 1 amide bonds. The molecule has 0 N–H and O–H groups in total. The van der Waals surface area contributed by atoms with E-state index in [2.05, 4.69) is 11.8 Å². The number of carbonyl (C=O) groups is 1. The fourth-order valence-electron chi connectivity index (χ4n) is 3.32. The van der Waals surface area contributed by atoms with Gasteiger partial charge in [-0.05, 0) is 39.7 Å². The van der Waals surface area contributed by atoms with Crippen molar-refractivity contribution in [1.29, 1.82) is 0 Å². The van der Waals surface area contributed by atoms with Crippen LogP contribution in [0.25, 0.3) is 0 Å². The van der Waals surface area contributed by atoms with E-state index in [1.165, 1.54) is 6.42 Å². The minimum Gasteiger partial charge on any atom is -0.338 e. The molecule has 0 radical (unpaired) electrons. The second-order valence-electron chi connectivity index (χ2n) is 6.05. The third kappa shape index (κ3) is 3.73. The minimum atomic E-state index is -2.94. The first kappa shape index (κ1) is 15.8. The Morgan fingerprint density at radius 2 is 2.05 bits per heavy atom. The van der Waals surface area contributed by atoms with Crippen molar-refractivity contribution in [1.82, 2.24) is 9.80 Å². The molecule has 2 aliphatic heterocycles. The Morgan fingerprint density at radius 1 is 1.30 bits per heavy atom. The van der Waals surface area contributed by atoms with Crippen LogP contribution in [0.4, 0.5) is 0 Å². The lowest BCUT2D eigenvalue weighted by atomic mass is 10.0. The van der Waals surface area contributed by atoms with E-state index >= 15 is 0 Å². The van der Waals surface area contributed by atoms with E-state index in [0.717, 1.165) is 19.4 Å². The van der Waals surface area contributed by atoms with Gasteiger partial charge in [0.2, 0.25) is 5.91 Å². The molecule has 20 heavy (non-hydrogen) atoms. The van der Waals surface area contributed by atoms with Gasteiger partial charge in [0.05, 0.1) is 18.1 Å². The molecule has 0 spiro atoms. The van der Waals surface area contributed by atoms with Crippen LogP contribution in [-0.4, -0.2) is 67.3 Å². The molecule has 2 fully saturated rings. The quantitative estimate of drug-likeness (QED) is 0.774. The maximum Gasteiger partial charge on any atom is 0.237 e. The number of hydrogen-bond acceptors (Lipinski definition) is 4. The number of likely N-dealkylation sites (tertiary alicyclic amines) is 1. The van der Waals surface area contributed by atoms with Crippen LogP contribution in [0.3, 0.4) is 0 Å².